The highest BCUT2D eigenvalue weighted by Crippen LogP contribution is 2.37. The van der Waals surface area contributed by atoms with Gasteiger partial charge >= 0.3 is 5.97 Å². The van der Waals surface area contributed by atoms with E-state index >= 15 is 0 Å². The third kappa shape index (κ3) is 1.05. The topological polar surface area (TPSA) is 38.8 Å². The average Bonchev–Trinajstić information content (AvgIpc) is 2.80. The number of fused-ring (bicyclic) bond motifs is 1. The smallest absolute Gasteiger partial charge is 0.315 e. The molecule has 0 aromatic rings. The molecule has 3 nitrogen and oxygen atoms in total. The predicted octanol–water partition coefficient (Wildman–Crippen LogP) is 0.503. The molecule has 0 aromatic carbocycles. The number of methoxy groups -OCH3 is 1. The van der Waals surface area contributed by atoms with Crippen molar-refractivity contribution in [2.45, 2.75) is 18.6 Å². The van der Waals surface area contributed by atoms with E-state index in [9.17, 15) is 4.79 Å². The second kappa shape index (κ2) is 2.34. The summed E-state index contributed by atoms with van der Waals surface area (Å²) in [4.78, 5) is 11.1. The van der Waals surface area contributed by atoms with Crippen molar-refractivity contribution in [3.8, 4) is 0 Å². The maximum atomic E-state index is 11.1. The molecule has 11 heavy (non-hydrogen) atoms. The molecule has 0 radical (unpaired) electrons. The van der Waals surface area contributed by atoms with Crippen molar-refractivity contribution < 1.29 is 14.3 Å². The van der Waals surface area contributed by atoms with E-state index in [0.29, 0.717) is 0 Å². The van der Waals surface area contributed by atoms with Gasteiger partial charge in [0, 0.05) is 0 Å². The van der Waals surface area contributed by atoms with Crippen LogP contribution in [0.3, 0.4) is 0 Å². The summed E-state index contributed by atoms with van der Waals surface area (Å²) in [6, 6.07) is 0. The van der Waals surface area contributed by atoms with Gasteiger partial charge in [-0.15, -0.1) is 0 Å². The number of hydrogen-bond acceptors (Lipinski definition) is 3. The Labute approximate surface area is 65.0 Å². The van der Waals surface area contributed by atoms with Crippen LogP contribution in [-0.4, -0.2) is 25.3 Å². The first-order chi connectivity index (χ1) is 5.33. The van der Waals surface area contributed by atoms with Crippen LogP contribution in [0.2, 0.25) is 0 Å². The normalized spacial score (nSPS) is 39.5. The highest BCUT2D eigenvalue weighted by molar-refractivity contribution is 5.76. The van der Waals surface area contributed by atoms with E-state index in [2.05, 4.69) is 4.74 Å². The number of carbonyl (C=O) groups excluding carboxylic acids is 1. The number of ether oxygens (including phenoxy) is 2. The highest BCUT2D eigenvalue weighted by atomic mass is 16.6. The van der Waals surface area contributed by atoms with Crippen LogP contribution in [0.5, 0.6) is 0 Å². The molecule has 2 rings (SSSR count). The molecule has 0 spiro atoms. The van der Waals surface area contributed by atoms with Gasteiger partial charge in [-0.1, -0.05) is 12.2 Å². The average molecular weight is 154 g/mol. The first-order valence-corrected chi connectivity index (χ1v) is 3.73. The van der Waals surface area contributed by atoms with E-state index in [1.54, 1.807) is 0 Å². The summed E-state index contributed by atoms with van der Waals surface area (Å²) in [6.07, 6.45) is 5.19. The van der Waals surface area contributed by atoms with Crippen LogP contribution in [-0.2, 0) is 14.3 Å². The predicted molar refractivity (Wildman–Crippen MR) is 37.9 cm³/mol. The zero-order chi connectivity index (χ0) is 7.84. The molecule has 1 aliphatic heterocycles. The lowest BCUT2D eigenvalue weighted by molar-refractivity contribution is -0.144. The minimum absolute atomic E-state index is 0.104. The van der Waals surface area contributed by atoms with E-state index in [4.69, 9.17) is 4.74 Å². The van der Waals surface area contributed by atoms with Gasteiger partial charge in [0.05, 0.1) is 13.2 Å². The molecule has 1 saturated heterocycles. The third-order valence-electron chi connectivity index (χ3n) is 2.16. The summed E-state index contributed by atoms with van der Waals surface area (Å²) in [6.45, 7) is 0. The molecule has 0 aromatic heterocycles. The number of epoxide rings is 1. The Morgan fingerprint density at radius 3 is 3.27 bits per heavy atom. The fourth-order valence-electron chi connectivity index (χ4n) is 1.48. The van der Waals surface area contributed by atoms with Crippen molar-refractivity contribution in [1.82, 2.24) is 0 Å². The van der Waals surface area contributed by atoms with E-state index < -0.39 is 0 Å². The number of rotatable bonds is 1. The summed E-state index contributed by atoms with van der Waals surface area (Å²) < 4.78 is 9.87. The lowest BCUT2D eigenvalue weighted by Gasteiger charge is -2.09. The molecule has 0 unspecified atom stereocenters. The van der Waals surface area contributed by atoms with Gasteiger partial charge in [-0.3, -0.25) is 4.79 Å². The van der Waals surface area contributed by atoms with Gasteiger partial charge in [0.15, 0.2) is 0 Å². The van der Waals surface area contributed by atoms with E-state index in [-0.39, 0.29) is 24.1 Å². The molecular formula is C8H10O3. The summed E-state index contributed by atoms with van der Waals surface area (Å²) in [5, 5.41) is 0. The third-order valence-corrected chi connectivity index (χ3v) is 2.16. The summed E-state index contributed by atoms with van der Waals surface area (Å²) in [5.74, 6) is -0.341. The Morgan fingerprint density at radius 1 is 1.73 bits per heavy atom. The molecule has 0 saturated carbocycles. The fourth-order valence-corrected chi connectivity index (χ4v) is 1.48. The van der Waals surface area contributed by atoms with Gasteiger partial charge in [0.2, 0.25) is 0 Å². The van der Waals surface area contributed by atoms with E-state index in [1.165, 1.54) is 7.11 Å². The molecule has 3 heteroatoms. The lowest BCUT2D eigenvalue weighted by atomic mass is 9.96. The Morgan fingerprint density at radius 2 is 2.55 bits per heavy atom. The van der Waals surface area contributed by atoms with Crippen LogP contribution in [0.15, 0.2) is 12.2 Å². The maximum Gasteiger partial charge on any atom is 0.315 e. The van der Waals surface area contributed by atoms with Crippen LogP contribution in [0.25, 0.3) is 0 Å². The molecule has 1 aliphatic carbocycles. The Kier molecular flexibility index (Phi) is 1.46. The minimum Gasteiger partial charge on any atom is -0.468 e. The maximum absolute atomic E-state index is 11.1. The molecule has 3 atom stereocenters. The molecule has 0 amide bonds. The highest BCUT2D eigenvalue weighted by Gasteiger charge is 2.48. The summed E-state index contributed by atoms with van der Waals surface area (Å²) in [5.41, 5.74) is 0. The summed E-state index contributed by atoms with van der Waals surface area (Å²) >= 11 is 0. The van der Waals surface area contributed by atoms with Crippen LogP contribution in [0.4, 0.5) is 0 Å². The molecule has 1 heterocycles. The van der Waals surface area contributed by atoms with Crippen molar-refractivity contribution in [3.63, 3.8) is 0 Å². The Balaban J connectivity index is 2.07. The zero-order valence-corrected chi connectivity index (χ0v) is 6.32. The molecule has 60 valence electrons. The Hall–Kier alpha value is -0.830. The minimum atomic E-state index is -0.187. The first kappa shape index (κ1) is 6.85. The van der Waals surface area contributed by atoms with Crippen molar-refractivity contribution in [3.05, 3.63) is 12.2 Å². The summed E-state index contributed by atoms with van der Waals surface area (Å²) in [7, 11) is 1.40. The number of esters is 1. The molecular weight excluding hydrogens is 144 g/mol. The van der Waals surface area contributed by atoms with Crippen LogP contribution < -0.4 is 0 Å². The van der Waals surface area contributed by atoms with Gasteiger partial charge in [-0.05, 0) is 6.42 Å². The van der Waals surface area contributed by atoms with Crippen molar-refractivity contribution in [2.24, 2.45) is 5.92 Å². The van der Waals surface area contributed by atoms with Crippen LogP contribution in [0.1, 0.15) is 6.42 Å². The van der Waals surface area contributed by atoms with Crippen LogP contribution in [0, 0.1) is 5.92 Å². The molecule has 1 fully saturated rings. The van der Waals surface area contributed by atoms with E-state index in [1.807, 2.05) is 12.2 Å². The van der Waals surface area contributed by atoms with Gasteiger partial charge in [0.1, 0.15) is 12.0 Å². The molecule has 2 aliphatic rings. The van der Waals surface area contributed by atoms with E-state index in [0.717, 1.165) is 6.42 Å². The fraction of sp³-hybridized carbons (Fsp3) is 0.625. The number of carbonyl (C=O) groups is 1. The van der Waals surface area contributed by atoms with Gasteiger partial charge in [0.25, 0.3) is 0 Å². The Bertz CT molecular complexity index is 209. The standard InChI is InChI=1S/C8H10O3/c1-10-8(9)5-3-2-4-6-7(5)11-6/h2-3,5-7H,4H2,1H3/t5-,6-,7+/m1/s1. The quantitative estimate of drug-likeness (QED) is 0.313. The van der Waals surface area contributed by atoms with Crippen molar-refractivity contribution in [1.29, 1.82) is 0 Å². The first-order valence-electron chi connectivity index (χ1n) is 3.73. The lowest BCUT2D eigenvalue weighted by Crippen LogP contribution is -2.22. The second-order valence-electron chi connectivity index (χ2n) is 2.85. The monoisotopic (exact) mass is 154 g/mol. The van der Waals surface area contributed by atoms with Crippen molar-refractivity contribution >= 4 is 5.97 Å². The van der Waals surface area contributed by atoms with Gasteiger partial charge in [-0.25, -0.2) is 0 Å². The second-order valence-corrected chi connectivity index (χ2v) is 2.85. The van der Waals surface area contributed by atoms with Crippen molar-refractivity contribution in [2.75, 3.05) is 7.11 Å². The molecule has 0 N–H and O–H groups in total. The number of hydrogen-bond donors (Lipinski definition) is 0. The zero-order valence-electron chi connectivity index (χ0n) is 6.32. The van der Waals surface area contributed by atoms with Gasteiger partial charge in [-0.2, -0.15) is 0 Å². The SMILES string of the molecule is COC(=O)[C@@H]1C=CC[C@H]2O[C@H]21. The largest absolute Gasteiger partial charge is 0.468 e. The van der Waals surface area contributed by atoms with Crippen LogP contribution >= 0.6 is 0 Å². The molecule has 0 bridgehead atoms. The van der Waals surface area contributed by atoms with Gasteiger partial charge < -0.3 is 9.47 Å².